The number of benzene rings is 1. The van der Waals surface area contributed by atoms with E-state index in [2.05, 4.69) is 37.0 Å². The first-order chi connectivity index (χ1) is 13.0. The van der Waals surface area contributed by atoms with E-state index >= 15 is 0 Å². The summed E-state index contributed by atoms with van der Waals surface area (Å²) in [7, 11) is 0. The molecule has 0 bridgehead atoms. The molecule has 142 valence electrons. The number of pyridine rings is 1. The topological polar surface area (TPSA) is 59.5 Å². The number of carbonyl (C=O) groups is 2. The zero-order valence-corrected chi connectivity index (χ0v) is 16.2. The van der Waals surface area contributed by atoms with Gasteiger partial charge in [0.15, 0.2) is 0 Å². The lowest BCUT2D eigenvalue weighted by Gasteiger charge is -2.31. The van der Waals surface area contributed by atoms with Crippen LogP contribution in [0.2, 0.25) is 0 Å². The van der Waals surface area contributed by atoms with Crippen molar-refractivity contribution in [3.8, 4) is 11.1 Å². The van der Waals surface area contributed by atoms with Crippen molar-refractivity contribution in [2.24, 2.45) is 5.92 Å². The number of piperidine rings is 1. The van der Waals surface area contributed by atoms with Crippen LogP contribution in [0.1, 0.15) is 41.3 Å². The molecule has 2 aromatic rings. The van der Waals surface area contributed by atoms with Crippen LogP contribution in [0.3, 0.4) is 0 Å². The van der Waals surface area contributed by atoms with Crippen molar-refractivity contribution in [2.75, 3.05) is 19.7 Å². The average Bonchev–Trinajstić information content (AvgIpc) is 2.67. The number of hydrogen-bond donors (Lipinski definition) is 0. The Bertz CT molecular complexity index is 819. The zero-order valence-electron chi connectivity index (χ0n) is 16.2. The predicted molar refractivity (Wildman–Crippen MR) is 104 cm³/mol. The predicted octanol–water partition coefficient (Wildman–Crippen LogP) is 3.78. The Kier molecular flexibility index (Phi) is 5.89. The molecule has 1 aliphatic heterocycles. The van der Waals surface area contributed by atoms with Crippen molar-refractivity contribution in [3.05, 3.63) is 53.3 Å². The minimum absolute atomic E-state index is 0.0315. The first-order valence-corrected chi connectivity index (χ1v) is 9.47. The van der Waals surface area contributed by atoms with E-state index in [1.807, 2.05) is 13.0 Å². The van der Waals surface area contributed by atoms with Crippen molar-refractivity contribution in [2.45, 2.75) is 33.6 Å². The van der Waals surface area contributed by atoms with Crippen LogP contribution in [0.25, 0.3) is 11.1 Å². The molecule has 1 fully saturated rings. The monoisotopic (exact) mass is 366 g/mol. The van der Waals surface area contributed by atoms with Crippen molar-refractivity contribution < 1.29 is 14.3 Å². The van der Waals surface area contributed by atoms with E-state index in [1.54, 1.807) is 17.3 Å². The minimum Gasteiger partial charge on any atom is -0.466 e. The van der Waals surface area contributed by atoms with Gasteiger partial charge in [-0.1, -0.05) is 29.3 Å². The number of carbonyl (C=O) groups excluding carboxylic acids is 2. The van der Waals surface area contributed by atoms with Crippen LogP contribution in [0.5, 0.6) is 0 Å². The van der Waals surface area contributed by atoms with Gasteiger partial charge in [0, 0.05) is 31.0 Å². The van der Waals surface area contributed by atoms with Gasteiger partial charge in [-0.15, -0.1) is 0 Å². The van der Waals surface area contributed by atoms with E-state index in [0.717, 1.165) is 11.1 Å². The maximum absolute atomic E-state index is 12.9. The van der Waals surface area contributed by atoms with Crippen LogP contribution < -0.4 is 0 Å². The van der Waals surface area contributed by atoms with Crippen molar-refractivity contribution in [3.63, 3.8) is 0 Å². The molecule has 27 heavy (non-hydrogen) atoms. The summed E-state index contributed by atoms with van der Waals surface area (Å²) in [5.74, 6) is -0.284. The van der Waals surface area contributed by atoms with Crippen LogP contribution in [-0.2, 0) is 9.53 Å². The van der Waals surface area contributed by atoms with Crippen molar-refractivity contribution >= 4 is 11.9 Å². The maximum atomic E-state index is 12.9. The van der Waals surface area contributed by atoms with E-state index in [1.165, 1.54) is 11.1 Å². The Balaban J connectivity index is 1.72. The lowest BCUT2D eigenvalue weighted by atomic mass is 9.96. The normalized spacial score (nSPS) is 14.9. The molecule has 0 radical (unpaired) electrons. The average molecular weight is 366 g/mol. The van der Waals surface area contributed by atoms with Gasteiger partial charge < -0.3 is 9.64 Å². The largest absolute Gasteiger partial charge is 0.466 e. The second-order valence-electron chi connectivity index (χ2n) is 7.16. The molecule has 1 aromatic heterocycles. The molecule has 0 N–H and O–H groups in total. The van der Waals surface area contributed by atoms with Gasteiger partial charge >= 0.3 is 5.97 Å². The Hall–Kier alpha value is -2.69. The van der Waals surface area contributed by atoms with Gasteiger partial charge in [-0.2, -0.15) is 0 Å². The summed E-state index contributed by atoms with van der Waals surface area (Å²) in [6, 6.07) is 8.23. The highest BCUT2D eigenvalue weighted by atomic mass is 16.5. The fourth-order valence-corrected chi connectivity index (χ4v) is 3.62. The van der Waals surface area contributed by atoms with Crippen LogP contribution >= 0.6 is 0 Å². The van der Waals surface area contributed by atoms with Crippen LogP contribution in [-0.4, -0.2) is 41.5 Å². The molecule has 1 aliphatic rings. The molecule has 0 spiro atoms. The molecule has 0 saturated carbocycles. The van der Waals surface area contributed by atoms with Crippen molar-refractivity contribution in [1.29, 1.82) is 0 Å². The van der Waals surface area contributed by atoms with E-state index in [0.29, 0.717) is 38.1 Å². The number of hydrogen-bond acceptors (Lipinski definition) is 4. The second kappa shape index (κ2) is 8.33. The summed E-state index contributed by atoms with van der Waals surface area (Å²) in [4.78, 5) is 30.8. The highest BCUT2D eigenvalue weighted by Crippen LogP contribution is 2.24. The molecule has 1 aromatic carbocycles. The number of aryl methyl sites for hydroxylation is 2. The summed E-state index contributed by atoms with van der Waals surface area (Å²) in [5, 5.41) is 0. The summed E-state index contributed by atoms with van der Waals surface area (Å²) in [6.45, 7) is 7.46. The lowest BCUT2D eigenvalue weighted by molar-refractivity contribution is -0.149. The SMILES string of the molecule is CCOC(=O)C1CCN(C(=O)c2cncc(-c3cc(C)cc(C)c3)c2)CC1. The Morgan fingerprint density at radius 3 is 2.33 bits per heavy atom. The third kappa shape index (κ3) is 4.54. The number of likely N-dealkylation sites (tertiary alicyclic amines) is 1. The number of aromatic nitrogens is 1. The van der Waals surface area contributed by atoms with Gasteiger partial charge in [0.05, 0.1) is 18.1 Å². The molecular weight excluding hydrogens is 340 g/mol. The Morgan fingerprint density at radius 1 is 1.04 bits per heavy atom. The smallest absolute Gasteiger partial charge is 0.309 e. The third-order valence-corrected chi connectivity index (χ3v) is 4.94. The van der Waals surface area contributed by atoms with Gasteiger partial charge in [-0.25, -0.2) is 0 Å². The fourth-order valence-electron chi connectivity index (χ4n) is 3.62. The molecule has 0 unspecified atom stereocenters. The molecule has 1 amide bonds. The van der Waals surface area contributed by atoms with Gasteiger partial charge in [0.25, 0.3) is 5.91 Å². The molecule has 5 heteroatoms. The minimum atomic E-state index is -0.150. The molecule has 2 heterocycles. The first kappa shape index (κ1) is 19.1. The van der Waals surface area contributed by atoms with E-state index in [4.69, 9.17) is 4.74 Å². The second-order valence-corrected chi connectivity index (χ2v) is 7.16. The van der Waals surface area contributed by atoms with Crippen molar-refractivity contribution in [1.82, 2.24) is 9.88 Å². The fraction of sp³-hybridized carbons (Fsp3) is 0.409. The zero-order chi connectivity index (χ0) is 19.4. The van der Waals surface area contributed by atoms with Crippen LogP contribution in [0, 0.1) is 19.8 Å². The molecule has 3 rings (SSSR count). The van der Waals surface area contributed by atoms with E-state index in [9.17, 15) is 9.59 Å². The third-order valence-electron chi connectivity index (χ3n) is 4.94. The van der Waals surface area contributed by atoms with E-state index in [-0.39, 0.29) is 17.8 Å². The molecular formula is C22H26N2O3. The molecule has 5 nitrogen and oxygen atoms in total. The van der Waals surface area contributed by atoms with Gasteiger partial charge in [-0.3, -0.25) is 14.6 Å². The summed E-state index contributed by atoms with van der Waals surface area (Å²) in [6.07, 6.45) is 4.70. The summed E-state index contributed by atoms with van der Waals surface area (Å²) >= 11 is 0. The number of amides is 1. The lowest BCUT2D eigenvalue weighted by Crippen LogP contribution is -2.40. The summed E-state index contributed by atoms with van der Waals surface area (Å²) in [5.41, 5.74) is 4.96. The number of ether oxygens (including phenoxy) is 1. The maximum Gasteiger partial charge on any atom is 0.309 e. The van der Waals surface area contributed by atoms with Crippen LogP contribution in [0.4, 0.5) is 0 Å². The van der Waals surface area contributed by atoms with Gasteiger partial charge in [-0.05, 0) is 45.2 Å². The van der Waals surface area contributed by atoms with Gasteiger partial charge in [0.2, 0.25) is 0 Å². The number of rotatable bonds is 4. The molecule has 1 saturated heterocycles. The van der Waals surface area contributed by atoms with Gasteiger partial charge in [0.1, 0.15) is 0 Å². The number of esters is 1. The quantitative estimate of drug-likeness (QED) is 0.773. The standard InChI is InChI=1S/C22H26N2O3/c1-4-27-22(26)17-5-7-24(8-6-17)21(25)20-12-19(13-23-14-20)18-10-15(2)9-16(3)11-18/h9-14,17H,4-8H2,1-3H3. The Morgan fingerprint density at radius 2 is 1.70 bits per heavy atom. The molecule has 0 atom stereocenters. The highest BCUT2D eigenvalue weighted by Gasteiger charge is 2.28. The van der Waals surface area contributed by atoms with E-state index < -0.39 is 0 Å². The van der Waals surface area contributed by atoms with Crippen LogP contribution in [0.15, 0.2) is 36.7 Å². The molecule has 0 aliphatic carbocycles. The first-order valence-electron chi connectivity index (χ1n) is 9.47. The Labute approximate surface area is 160 Å². The number of nitrogens with zero attached hydrogens (tertiary/aromatic N) is 2. The highest BCUT2D eigenvalue weighted by molar-refractivity contribution is 5.95. The summed E-state index contributed by atoms with van der Waals surface area (Å²) < 4.78 is 5.09.